The van der Waals surface area contributed by atoms with Crippen molar-refractivity contribution in [1.82, 2.24) is 15.5 Å². The van der Waals surface area contributed by atoms with E-state index in [9.17, 15) is 14.4 Å². The first kappa shape index (κ1) is 16.2. The number of carbonyl (C=O) groups excluding carboxylic acids is 1. The molecule has 2 atom stereocenters. The molecule has 0 spiro atoms. The summed E-state index contributed by atoms with van der Waals surface area (Å²) >= 11 is 0. The normalized spacial score (nSPS) is 13.8. The van der Waals surface area contributed by atoms with E-state index in [0.717, 1.165) is 0 Å². The van der Waals surface area contributed by atoms with E-state index in [1.54, 1.807) is 6.92 Å². The molecule has 0 heterocycles. The van der Waals surface area contributed by atoms with Crippen LogP contribution >= 0.6 is 0 Å². The number of nitrogens with zero attached hydrogens (tertiary/aromatic N) is 1. The monoisotopic (exact) mass is 261 g/mol. The molecule has 8 heteroatoms. The minimum Gasteiger partial charge on any atom is -0.481 e. The number of carbonyl (C=O) groups is 3. The Bertz CT molecular complexity index is 319. The first-order chi connectivity index (χ1) is 8.22. The lowest BCUT2D eigenvalue weighted by Crippen LogP contribution is -2.50. The number of amides is 2. The summed E-state index contributed by atoms with van der Waals surface area (Å²) in [6.45, 7) is 2.34. The summed E-state index contributed by atoms with van der Waals surface area (Å²) < 4.78 is 0. The van der Waals surface area contributed by atoms with Gasteiger partial charge in [0.1, 0.15) is 6.04 Å². The van der Waals surface area contributed by atoms with Gasteiger partial charge in [-0.1, -0.05) is 0 Å². The van der Waals surface area contributed by atoms with E-state index >= 15 is 0 Å². The van der Waals surface area contributed by atoms with Crippen molar-refractivity contribution in [2.24, 2.45) is 0 Å². The van der Waals surface area contributed by atoms with Gasteiger partial charge in [0.15, 0.2) is 0 Å². The first-order valence-electron chi connectivity index (χ1n) is 5.38. The minimum absolute atomic E-state index is 0.181. The van der Waals surface area contributed by atoms with Crippen molar-refractivity contribution in [2.75, 3.05) is 20.6 Å². The number of rotatable bonds is 7. The number of urea groups is 1. The molecule has 0 saturated carbocycles. The van der Waals surface area contributed by atoms with Gasteiger partial charge in [-0.05, 0) is 21.0 Å². The fourth-order valence-electron chi connectivity index (χ4n) is 1.39. The fraction of sp³-hybridized carbons (Fsp3) is 0.700. The Balaban J connectivity index is 4.25. The van der Waals surface area contributed by atoms with Crippen LogP contribution in [0.5, 0.6) is 0 Å². The van der Waals surface area contributed by atoms with E-state index in [4.69, 9.17) is 10.2 Å². The molecule has 8 nitrogen and oxygen atoms in total. The molecule has 0 radical (unpaired) electrons. The summed E-state index contributed by atoms with van der Waals surface area (Å²) in [6, 6.07) is -2.31. The smallest absolute Gasteiger partial charge is 0.326 e. The molecule has 0 saturated heterocycles. The second kappa shape index (κ2) is 7.49. The summed E-state index contributed by atoms with van der Waals surface area (Å²) in [4.78, 5) is 34.4. The molecule has 0 bridgehead atoms. The number of hydrogen-bond donors (Lipinski definition) is 4. The lowest BCUT2D eigenvalue weighted by Gasteiger charge is -2.20. The van der Waals surface area contributed by atoms with E-state index in [1.165, 1.54) is 0 Å². The molecular formula is C10H19N3O5. The third-order valence-corrected chi connectivity index (χ3v) is 2.00. The van der Waals surface area contributed by atoms with Crippen LogP contribution in [0.4, 0.5) is 4.79 Å². The highest BCUT2D eigenvalue weighted by atomic mass is 16.4. The number of carboxylic acid groups (broad SMARTS) is 2. The van der Waals surface area contributed by atoms with Crippen molar-refractivity contribution in [3.8, 4) is 0 Å². The topological polar surface area (TPSA) is 119 Å². The second-order valence-corrected chi connectivity index (χ2v) is 4.27. The largest absolute Gasteiger partial charge is 0.481 e. The predicted octanol–water partition coefficient (Wildman–Crippen LogP) is -0.836. The standard InChI is InChI=1S/C10H19N3O5/c1-6(5-13(2)3)11-10(18)12-7(9(16)17)4-8(14)15/h6-7H,4-5H2,1-3H3,(H,14,15)(H,16,17)(H2,11,12,18)/t6?,7-/m0/s1. The van der Waals surface area contributed by atoms with Crippen LogP contribution in [-0.2, 0) is 9.59 Å². The molecule has 104 valence electrons. The lowest BCUT2D eigenvalue weighted by atomic mass is 10.2. The zero-order valence-corrected chi connectivity index (χ0v) is 10.6. The molecule has 2 amide bonds. The number of carboxylic acids is 2. The summed E-state index contributed by atoms with van der Waals surface area (Å²) in [5.74, 6) is -2.67. The van der Waals surface area contributed by atoms with Gasteiger partial charge in [0.25, 0.3) is 0 Å². The van der Waals surface area contributed by atoms with Gasteiger partial charge in [0.2, 0.25) is 0 Å². The minimum atomic E-state index is -1.44. The molecular weight excluding hydrogens is 242 g/mol. The van der Waals surface area contributed by atoms with Gasteiger partial charge in [0.05, 0.1) is 6.42 Å². The van der Waals surface area contributed by atoms with Crippen LogP contribution in [0.2, 0.25) is 0 Å². The van der Waals surface area contributed by atoms with Crippen molar-refractivity contribution >= 4 is 18.0 Å². The van der Waals surface area contributed by atoms with Gasteiger partial charge in [-0.3, -0.25) is 4.79 Å². The van der Waals surface area contributed by atoms with Crippen LogP contribution in [0.3, 0.4) is 0 Å². The van der Waals surface area contributed by atoms with Gasteiger partial charge < -0.3 is 25.7 Å². The Morgan fingerprint density at radius 1 is 1.17 bits per heavy atom. The SMILES string of the molecule is CC(CN(C)C)NC(=O)N[C@@H](CC(=O)O)C(=O)O. The Morgan fingerprint density at radius 3 is 2.11 bits per heavy atom. The molecule has 4 N–H and O–H groups in total. The fourth-order valence-corrected chi connectivity index (χ4v) is 1.39. The second-order valence-electron chi connectivity index (χ2n) is 4.27. The van der Waals surface area contributed by atoms with E-state index in [0.29, 0.717) is 6.54 Å². The predicted molar refractivity (Wildman–Crippen MR) is 63.4 cm³/mol. The van der Waals surface area contributed by atoms with E-state index in [2.05, 4.69) is 10.6 Å². The third kappa shape index (κ3) is 7.44. The van der Waals surface area contributed by atoms with Crippen LogP contribution in [0, 0.1) is 0 Å². The van der Waals surface area contributed by atoms with Crippen molar-refractivity contribution in [1.29, 1.82) is 0 Å². The van der Waals surface area contributed by atoms with Crippen LogP contribution in [0.1, 0.15) is 13.3 Å². The summed E-state index contributed by atoms with van der Waals surface area (Å²) in [7, 11) is 3.67. The van der Waals surface area contributed by atoms with Crippen LogP contribution in [0.25, 0.3) is 0 Å². The molecule has 0 aliphatic carbocycles. The van der Waals surface area contributed by atoms with Gasteiger partial charge >= 0.3 is 18.0 Å². The molecule has 0 aliphatic heterocycles. The van der Waals surface area contributed by atoms with Gasteiger partial charge in [-0.25, -0.2) is 9.59 Å². The Labute approximate surface area is 105 Å². The number of aliphatic carboxylic acids is 2. The van der Waals surface area contributed by atoms with Crippen LogP contribution in [-0.4, -0.2) is 65.8 Å². The highest BCUT2D eigenvalue weighted by Crippen LogP contribution is 1.93. The molecule has 0 rings (SSSR count). The Hall–Kier alpha value is -1.83. The molecule has 0 aromatic heterocycles. The molecule has 0 fully saturated rings. The van der Waals surface area contributed by atoms with Gasteiger partial charge in [0, 0.05) is 12.6 Å². The van der Waals surface area contributed by atoms with Crippen molar-refractivity contribution < 1.29 is 24.6 Å². The maximum Gasteiger partial charge on any atom is 0.326 e. The summed E-state index contributed by atoms with van der Waals surface area (Å²) in [5.41, 5.74) is 0. The average molecular weight is 261 g/mol. The molecule has 0 aromatic carbocycles. The highest BCUT2D eigenvalue weighted by Gasteiger charge is 2.23. The van der Waals surface area contributed by atoms with Crippen molar-refractivity contribution in [3.63, 3.8) is 0 Å². The van der Waals surface area contributed by atoms with E-state index in [-0.39, 0.29) is 6.04 Å². The van der Waals surface area contributed by atoms with Crippen LogP contribution in [0.15, 0.2) is 0 Å². The summed E-state index contributed by atoms with van der Waals surface area (Å²) in [6.07, 6.45) is -0.662. The maximum atomic E-state index is 11.4. The average Bonchev–Trinajstić information content (AvgIpc) is 2.13. The zero-order valence-electron chi connectivity index (χ0n) is 10.6. The maximum absolute atomic E-state index is 11.4. The number of nitrogens with one attached hydrogen (secondary N) is 2. The molecule has 0 aliphatic rings. The van der Waals surface area contributed by atoms with Gasteiger partial charge in [-0.2, -0.15) is 0 Å². The molecule has 1 unspecified atom stereocenters. The highest BCUT2D eigenvalue weighted by molar-refractivity contribution is 5.86. The first-order valence-corrected chi connectivity index (χ1v) is 5.38. The van der Waals surface area contributed by atoms with Crippen molar-refractivity contribution in [3.05, 3.63) is 0 Å². The van der Waals surface area contributed by atoms with Crippen molar-refractivity contribution in [2.45, 2.75) is 25.4 Å². The molecule has 18 heavy (non-hydrogen) atoms. The quantitative estimate of drug-likeness (QED) is 0.474. The van der Waals surface area contributed by atoms with Gasteiger partial charge in [-0.15, -0.1) is 0 Å². The Morgan fingerprint density at radius 2 is 1.72 bits per heavy atom. The zero-order chi connectivity index (χ0) is 14.3. The van der Waals surface area contributed by atoms with E-state index in [1.807, 2.05) is 19.0 Å². The number of hydrogen-bond acceptors (Lipinski definition) is 4. The Kier molecular flexibility index (Phi) is 6.73. The third-order valence-electron chi connectivity index (χ3n) is 2.00. The van der Waals surface area contributed by atoms with E-state index < -0.39 is 30.4 Å². The number of likely N-dealkylation sites (N-methyl/N-ethyl adjacent to an activating group) is 1. The molecule has 0 aromatic rings. The lowest BCUT2D eigenvalue weighted by molar-refractivity contribution is -0.145. The van der Waals surface area contributed by atoms with Crippen LogP contribution < -0.4 is 10.6 Å². The summed E-state index contributed by atoms with van der Waals surface area (Å²) in [5, 5.41) is 21.9.